The van der Waals surface area contributed by atoms with Crippen LogP contribution in [-0.4, -0.2) is 17.0 Å². The molecule has 0 bridgehead atoms. The summed E-state index contributed by atoms with van der Waals surface area (Å²) in [6.45, 7) is 4.15. The lowest BCUT2D eigenvalue weighted by Crippen LogP contribution is -2.44. The Balaban J connectivity index is 1.98. The van der Waals surface area contributed by atoms with Crippen LogP contribution in [0.5, 0.6) is 5.75 Å². The number of ether oxygens (including phenoxy) is 1. The van der Waals surface area contributed by atoms with Crippen molar-refractivity contribution in [3.8, 4) is 5.75 Å². The first kappa shape index (κ1) is 12.9. The van der Waals surface area contributed by atoms with Crippen molar-refractivity contribution < 1.29 is 9.53 Å². The largest absolute Gasteiger partial charge is 0.479 e. The van der Waals surface area contributed by atoms with Crippen LogP contribution < -0.4 is 15.4 Å². The van der Waals surface area contributed by atoms with Crippen molar-refractivity contribution in [2.45, 2.75) is 26.5 Å². The molecule has 0 spiro atoms. The summed E-state index contributed by atoms with van der Waals surface area (Å²) in [4.78, 5) is 18.4. The number of nitrogens with two attached hydrogens (primary N) is 1. The highest BCUT2D eigenvalue weighted by Gasteiger charge is 2.31. The second kappa shape index (κ2) is 4.79. The number of carbonyl (C=O) groups is 1. The number of carbonyl (C=O) groups excluding carboxylic acids is 1. The number of benzene rings is 1. The molecule has 1 aromatic heterocycles. The maximum absolute atomic E-state index is 12.3. The lowest BCUT2D eigenvalue weighted by molar-refractivity contribution is -0.125. The zero-order valence-electron chi connectivity index (χ0n) is 11.3. The molecule has 1 atom stereocenters. The zero-order valence-corrected chi connectivity index (χ0v) is 12.1. The zero-order chi connectivity index (χ0) is 14.3. The summed E-state index contributed by atoms with van der Waals surface area (Å²) in [5.41, 5.74) is 8.02. The van der Waals surface area contributed by atoms with Crippen molar-refractivity contribution in [2.75, 3.05) is 10.6 Å². The van der Waals surface area contributed by atoms with Crippen LogP contribution in [0.3, 0.4) is 0 Å². The molecule has 6 heteroatoms. The molecule has 0 saturated heterocycles. The van der Waals surface area contributed by atoms with Crippen LogP contribution in [0, 0.1) is 6.92 Å². The van der Waals surface area contributed by atoms with E-state index in [1.54, 1.807) is 35.3 Å². The minimum absolute atomic E-state index is 0.0621. The smallest absolute Gasteiger partial charge is 0.268 e. The molecule has 104 valence electrons. The van der Waals surface area contributed by atoms with Crippen molar-refractivity contribution in [1.82, 2.24) is 4.98 Å². The Hall–Kier alpha value is -2.08. The van der Waals surface area contributed by atoms with E-state index >= 15 is 0 Å². The van der Waals surface area contributed by atoms with E-state index in [1.165, 1.54) is 0 Å². The quantitative estimate of drug-likeness (QED) is 0.862. The number of amides is 1. The number of hydrogen-bond acceptors (Lipinski definition) is 5. The van der Waals surface area contributed by atoms with Crippen LogP contribution in [0.2, 0.25) is 0 Å². The topological polar surface area (TPSA) is 68.5 Å². The van der Waals surface area contributed by atoms with Crippen molar-refractivity contribution in [3.05, 3.63) is 34.3 Å². The number of hydrogen-bond donors (Lipinski definition) is 1. The monoisotopic (exact) mass is 289 g/mol. The number of thiazole rings is 1. The van der Waals surface area contributed by atoms with Crippen LogP contribution in [0.25, 0.3) is 0 Å². The lowest BCUT2D eigenvalue weighted by atomic mass is 10.1. The molecule has 20 heavy (non-hydrogen) atoms. The first-order chi connectivity index (χ1) is 9.54. The highest BCUT2D eigenvalue weighted by Crippen LogP contribution is 2.36. The van der Waals surface area contributed by atoms with Gasteiger partial charge < -0.3 is 10.5 Å². The number of rotatable bonds is 2. The number of fused-ring (bicyclic) bond motifs is 1. The number of aryl methyl sites for hydroxylation is 1. The third kappa shape index (κ3) is 2.22. The summed E-state index contributed by atoms with van der Waals surface area (Å²) < 4.78 is 5.61. The highest BCUT2D eigenvalue weighted by molar-refractivity contribution is 7.09. The molecule has 2 heterocycles. The van der Waals surface area contributed by atoms with E-state index < -0.39 is 6.10 Å². The van der Waals surface area contributed by atoms with Gasteiger partial charge in [-0.3, -0.25) is 9.69 Å². The summed E-state index contributed by atoms with van der Waals surface area (Å²) in [5, 5.41) is 2.96. The molecule has 5 nitrogen and oxygen atoms in total. The standard InChI is InChI=1S/C14H15N3O2S/c1-8-14(18)17(6-11-7-20-9(2)16-11)12-4-3-10(15)5-13(12)19-8/h3-5,7-8H,6,15H2,1-2H3. The van der Waals surface area contributed by atoms with Crippen LogP contribution >= 0.6 is 11.3 Å². The average Bonchev–Trinajstić information content (AvgIpc) is 2.80. The fraction of sp³-hybridized carbons (Fsp3) is 0.286. The van der Waals surface area contributed by atoms with Gasteiger partial charge in [0.15, 0.2) is 6.10 Å². The minimum Gasteiger partial charge on any atom is -0.479 e. The van der Waals surface area contributed by atoms with E-state index in [-0.39, 0.29) is 5.91 Å². The van der Waals surface area contributed by atoms with Gasteiger partial charge in [0.2, 0.25) is 0 Å². The Labute approximate surface area is 121 Å². The van der Waals surface area contributed by atoms with Gasteiger partial charge in [0.25, 0.3) is 5.91 Å². The third-order valence-corrected chi connectivity index (χ3v) is 4.00. The molecule has 0 aliphatic carbocycles. The molecule has 2 aromatic rings. The predicted octanol–water partition coefficient (Wildman–Crippen LogP) is 2.35. The second-order valence-electron chi connectivity index (χ2n) is 4.77. The summed E-state index contributed by atoms with van der Waals surface area (Å²) in [6, 6.07) is 5.33. The van der Waals surface area contributed by atoms with Crippen molar-refractivity contribution >= 4 is 28.6 Å². The molecule has 0 saturated carbocycles. The summed E-state index contributed by atoms with van der Waals surface area (Å²) in [5.74, 6) is 0.581. The average molecular weight is 289 g/mol. The van der Waals surface area contributed by atoms with Crippen molar-refractivity contribution in [2.24, 2.45) is 0 Å². The molecule has 1 aromatic carbocycles. The van der Waals surface area contributed by atoms with Gasteiger partial charge in [-0.15, -0.1) is 11.3 Å². The van der Waals surface area contributed by atoms with Gasteiger partial charge in [0.1, 0.15) is 5.75 Å². The van der Waals surface area contributed by atoms with E-state index in [4.69, 9.17) is 10.5 Å². The van der Waals surface area contributed by atoms with E-state index in [0.29, 0.717) is 18.0 Å². The Morgan fingerprint density at radius 3 is 3.00 bits per heavy atom. The van der Waals surface area contributed by atoms with Gasteiger partial charge >= 0.3 is 0 Å². The van der Waals surface area contributed by atoms with Gasteiger partial charge in [0, 0.05) is 17.1 Å². The fourth-order valence-corrected chi connectivity index (χ4v) is 2.84. The normalized spacial score (nSPS) is 17.8. The summed E-state index contributed by atoms with van der Waals surface area (Å²) in [7, 11) is 0. The van der Waals surface area contributed by atoms with Crippen LogP contribution in [0.4, 0.5) is 11.4 Å². The maximum Gasteiger partial charge on any atom is 0.268 e. The first-order valence-electron chi connectivity index (χ1n) is 6.33. The van der Waals surface area contributed by atoms with Gasteiger partial charge in [-0.05, 0) is 26.0 Å². The van der Waals surface area contributed by atoms with Crippen LogP contribution in [-0.2, 0) is 11.3 Å². The molecule has 1 aliphatic rings. The fourth-order valence-electron chi connectivity index (χ4n) is 2.23. The molecular weight excluding hydrogens is 274 g/mol. The minimum atomic E-state index is -0.510. The number of nitrogen functional groups attached to an aromatic ring is 1. The number of anilines is 2. The molecule has 0 radical (unpaired) electrons. The maximum atomic E-state index is 12.3. The van der Waals surface area contributed by atoms with E-state index in [0.717, 1.165) is 16.4 Å². The number of nitrogens with zero attached hydrogens (tertiary/aromatic N) is 2. The van der Waals surface area contributed by atoms with Crippen molar-refractivity contribution in [3.63, 3.8) is 0 Å². The van der Waals surface area contributed by atoms with Gasteiger partial charge in [-0.2, -0.15) is 0 Å². The Bertz CT molecular complexity index is 668. The van der Waals surface area contributed by atoms with E-state index in [2.05, 4.69) is 4.98 Å². The summed E-state index contributed by atoms with van der Waals surface area (Å²) in [6.07, 6.45) is -0.510. The summed E-state index contributed by atoms with van der Waals surface area (Å²) >= 11 is 1.58. The Kier molecular flexibility index (Phi) is 3.10. The van der Waals surface area contributed by atoms with Gasteiger partial charge in [-0.25, -0.2) is 4.98 Å². The Morgan fingerprint density at radius 2 is 2.30 bits per heavy atom. The molecular formula is C14H15N3O2S. The third-order valence-electron chi connectivity index (χ3n) is 3.18. The van der Waals surface area contributed by atoms with Crippen LogP contribution in [0.15, 0.2) is 23.6 Å². The highest BCUT2D eigenvalue weighted by atomic mass is 32.1. The molecule has 1 amide bonds. The molecule has 1 aliphatic heterocycles. The Morgan fingerprint density at radius 1 is 1.50 bits per heavy atom. The molecule has 3 rings (SSSR count). The molecule has 1 unspecified atom stereocenters. The van der Waals surface area contributed by atoms with E-state index in [1.807, 2.05) is 18.4 Å². The predicted molar refractivity (Wildman–Crippen MR) is 79.0 cm³/mol. The van der Waals surface area contributed by atoms with Crippen LogP contribution in [0.1, 0.15) is 17.6 Å². The van der Waals surface area contributed by atoms with Crippen molar-refractivity contribution in [1.29, 1.82) is 0 Å². The number of aromatic nitrogens is 1. The molecule has 2 N–H and O–H groups in total. The lowest BCUT2D eigenvalue weighted by Gasteiger charge is -2.32. The molecule has 0 fully saturated rings. The van der Waals surface area contributed by atoms with E-state index in [9.17, 15) is 4.79 Å². The SMILES string of the molecule is Cc1nc(CN2C(=O)C(C)Oc3cc(N)ccc32)cs1. The first-order valence-corrected chi connectivity index (χ1v) is 7.21. The van der Waals surface area contributed by atoms with Gasteiger partial charge in [-0.1, -0.05) is 0 Å². The van der Waals surface area contributed by atoms with Gasteiger partial charge in [0.05, 0.1) is 22.9 Å². The second-order valence-corrected chi connectivity index (χ2v) is 5.83.